The van der Waals surface area contributed by atoms with E-state index in [2.05, 4.69) is 29.1 Å². The topological polar surface area (TPSA) is 81.2 Å². The van der Waals surface area contributed by atoms with E-state index >= 15 is 0 Å². The summed E-state index contributed by atoms with van der Waals surface area (Å²) >= 11 is 0. The molecular formula is C22H23N3O3. The summed E-state index contributed by atoms with van der Waals surface area (Å²) in [4.78, 5) is 33.0. The second kappa shape index (κ2) is 9.08. The Bertz CT molecular complexity index is 957. The van der Waals surface area contributed by atoms with Crippen LogP contribution in [0.2, 0.25) is 0 Å². The average Bonchev–Trinajstić information content (AvgIpc) is 2.71. The molecule has 0 aliphatic carbocycles. The van der Waals surface area contributed by atoms with Crippen molar-refractivity contribution in [2.45, 2.75) is 26.3 Å². The van der Waals surface area contributed by atoms with Crippen molar-refractivity contribution in [1.29, 1.82) is 0 Å². The van der Waals surface area contributed by atoms with E-state index in [0.717, 1.165) is 12.0 Å². The molecule has 0 aliphatic rings. The summed E-state index contributed by atoms with van der Waals surface area (Å²) in [5.74, 6) is -0.488. The first kappa shape index (κ1) is 19.5. The van der Waals surface area contributed by atoms with Crippen LogP contribution >= 0.6 is 0 Å². The molecule has 0 fully saturated rings. The monoisotopic (exact) mass is 377 g/mol. The van der Waals surface area contributed by atoms with Gasteiger partial charge in [0.1, 0.15) is 0 Å². The van der Waals surface area contributed by atoms with Crippen LogP contribution in [-0.2, 0) is 9.53 Å². The van der Waals surface area contributed by atoms with E-state index in [1.165, 1.54) is 0 Å². The lowest BCUT2D eigenvalue weighted by molar-refractivity contribution is -0.125. The summed E-state index contributed by atoms with van der Waals surface area (Å²) in [6.07, 6.45) is 3.95. The summed E-state index contributed by atoms with van der Waals surface area (Å²) in [6, 6.07) is 14.6. The molecule has 3 rings (SSSR count). The number of nitrogens with one attached hydrogen (secondary N) is 1. The van der Waals surface area contributed by atoms with Gasteiger partial charge in [0.15, 0.2) is 6.61 Å². The Morgan fingerprint density at radius 2 is 1.71 bits per heavy atom. The molecule has 1 heterocycles. The summed E-state index contributed by atoms with van der Waals surface area (Å²) < 4.78 is 5.18. The maximum Gasteiger partial charge on any atom is 0.338 e. The molecule has 2 aromatic carbocycles. The van der Waals surface area contributed by atoms with E-state index in [1.54, 1.807) is 30.6 Å². The Balaban J connectivity index is 1.60. The number of rotatable bonds is 7. The molecule has 1 atom stereocenters. The number of carbonyl (C=O) groups excluding carboxylic acids is 2. The molecule has 0 spiro atoms. The number of hydrogen-bond donors (Lipinski definition) is 1. The van der Waals surface area contributed by atoms with Crippen LogP contribution in [0.1, 0.15) is 42.2 Å². The minimum Gasteiger partial charge on any atom is -0.452 e. The number of fused-ring (bicyclic) bond motifs is 1. The van der Waals surface area contributed by atoms with E-state index < -0.39 is 5.97 Å². The van der Waals surface area contributed by atoms with Crippen molar-refractivity contribution in [1.82, 2.24) is 15.3 Å². The van der Waals surface area contributed by atoms with E-state index in [9.17, 15) is 9.59 Å². The van der Waals surface area contributed by atoms with Gasteiger partial charge >= 0.3 is 5.97 Å². The molecule has 1 aromatic heterocycles. The fourth-order valence-electron chi connectivity index (χ4n) is 2.98. The Morgan fingerprint density at radius 1 is 1.00 bits per heavy atom. The zero-order valence-electron chi connectivity index (χ0n) is 16.0. The van der Waals surface area contributed by atoms with Crippen molar-refractivity contribution in [3.05, 3.63) is 72.1 Å². The van der Waals surface area contributed by atoms with Crippen LogP contribution < -0.4 is 5.32 Å². The number of aromatic nitrogens is 2. The molecule has 0 unspecified atom stereocenters. The van der Waals surface area contributed by atoms with Gasteiger partial charge in [-0.05, 0) is 36.1 Å². The molecule has 0 saturated heterocycles. The van der Waals surface area contributed by atoms with Crippen LogP contribution in [0.5, 0.6) is 0 Å². The van der Waals surface area contributed by atoms with Gasteiger partial charge in [-0.25, -0.2) is 4.79 Å². The van der Waals surface area contributed by atoms with Crippen molar-refractivity contribution >= 4 is 22.9 Å². The Labute approximate surface area is 164 Å². The van der Waals surface area contributed by atoms with Gasteiger partial charge in [-0.15, -0.1) is 0 Å². The summed E-state index contributed by atoms with van der Waals surface area (Å²) in [7, 11) is 0. The Morgan fingerprint density at radius 3 is 2.43 bits per heavy atom. The highest BCUT2D eigenvalue weighted by Gasteiger charge is 2.17. The first-order valence-corrected chi connectivity index (χ1v) is 9.25. The molecular weight excluding hydrogens is 354 g/mol. The minimum absolute atomic E-state index is 0.122. The fourth-order valence-corrected chi connectivity index (χ4v) is 2.98. The lowest BCUT2D eigenvalue weighted by Gasteiger charge is -2.21. The SMILES string of the molecule is CC(C)C[C@H](NC(=O)COC(=O)c1ccc2nccnc2c1)c1ccccc1. The maximum absolute atomic E-state index is 12.3. The van der Waals surface area contributed by atoms with Crippen molar-refractivity contribution in [2.24, 2.45) is 5.92 Å². The summed E-state index contributed by atoms with van der Waals surface area (Å²) in [5.41, 5.74) is 2.66. The predicted octanol–water partition coefficient (Wildman–Crippen LogP) is 3.69. The number of benzene rings is 2. The third-order valence-electron chi connectivity index (χ3n) is 4.28. The van der Waals surface area contributed by atoms with Crippen LogP contribution in [0.3, 0.4) is 0 Å². The van der Waals surface area contributed by atoms with Crippen molar-refractivity contribution in [3.8, 4) is 0 Å². The van der Waals surface area contributed by atoms with Gasteiger partial charge in [0.05, 0.1) is 22.6 Å². The van der Waals surface area contributed by atoms with Crippen LogP contribution in [0, 0.1) is 5.92 Å². The molecule has 0 radical (unpaired) electrons. The normalized spacial score (nSPS) is 12.0. The average molecular weight is 377 g/mol. The predicted molar refractivity (Wildman–Crippen MR) is 107 cm³/mol. The number of ether oxygens (including phenoxy) is 1. The lowest BCUT2D eigenvalue weighted by atomic mass is 9.97. The summed E-state index contributed by atoms with van der Waals surface area (Å²) in [6.45, 7) is 3.87. The molecule has 28 heavy (non-hydrogen) atoms. The standard InChI is InChI=1S/C22H23N3O3/c1-15(2)12-19(16-6-4-3-5-7-16)25-21(26)14-28-22(27)17-8-9-18-20(13-17)24-11-10-23-18/h3-11,13,15,19H,12,14H2,1-2H3,(H,25,26)/t19-/m0/s1. The zero-order chi connectivity index (χ0) is 19.9. The zero-order valence-corrected chi connectivity index (χ0v) is 16.0. The second-order valence-corrected chi connectivity index (χ2v) is 7.00. The molecule has 1 N–H and O–H groups in total. The maximum atomic E-state index is 12.3. The van der Waals surface area contributed by atoms with Gasteiger partial charge in [0, 0.05) is 12.4 Å². The molecule has 1 amide bonds. The van der Waals surface area contributed by atoms with E-state index in [1.807, 2.05) is 30.3 Å². The highest BCUT2D eigenvalue weighted by Crippen LogP contribution is 2.21. The van der Waals surface area contributed by atoms with Crippen LogP contribution in [0.15, 0.2) is 60.9 Å². The van der Waals surface area contributed by atoms with Crippen LogP contribution in [0.4, 0.5) is 0 Å². The highest BCUT2D eigenvalue weighted by molar-refractivity contribution is 5.94. The van der Waals surface area contributed by atoms with Crippen molar-refractivity contribution < 1.29 is 14.3 Å². The molecule has 0 bridgehead atoms. The molecule has 3 aromatic rings. The van der Waals surface area contributed by atoms with Gasteiger partial charge in [-0.3, -0.25) is 14.8 Å². The number of amides is 1. The van der Waals surface area contributed by atoms with E-state index in [4.69, 9.17) is 4.74 Å². The Kier molecular flexibility index (Phi) is 6.32. The van der Waals surface area contributed by atoms with Gasteiger partial charge in [0.2, 0.25) is 0 Å². The van der Waals surface area contributed by atoms with E-state index in [-0.39, 0.29) is 18.6 Å². The third kappa shape index (κ3) is 5.13. The number of hydrogen-bond acceptors (Lipinski definition) is 5. The van der Waals surface area contributed by atoms with Gasteiger partial charge in [0.25, 0.3) is 5.91 Å². The number of nitrogens with zero attached hydrogens (tertiary/aromatic N) is 2. The quantitative estimate of drug-likeness (QED) is 0.635. The van der Waals surface area contributed by atoms with Crippen LogP contribution in [-0.4, -0.2) is 28.5 Å². The number of carbonyl (C=O) groups is 2. The Hall–Kier alpha value is -3.28. The van der Waals surface area contributed by atoms with Crippen LogP contribution in [0.25, 0.3) is 11.0 Å². The first-order chi connectivity index (χ1) is 13.5. The lowest BCUT2D eigenvalue weighted by Crippen LogP contribution is -2.33. The van der Waals surface area contributed by atoms with E-state index in [0.29, 0.717) is 22.5 Å². The molecule has 0 aliphatic heterocycles. The largest absolute Gasteiger partial charge is 0.452 e. The third-order valence-corrected chi connectivity index (χ3v) is 4.28. The highest BCUT2D eigenvalue weighted by atomic mass is 16.5. The molecule has 6 nitrogen and oxygen atoms in total. The van der Waals surface area contributed by atoms with Crippen molar-refractivity contribution in [3.63, 3.8) is 0 Å². The van der Waals surface area contributed by atoms with Crippen molar-refractivity contribution in [2.75, 3.05) is 6.61 Å². The summed E-state index contributed by atoms with van der Waals surface area (Å²) in [5, 5.41) is 2.96. The fraction of sp³-hybridized carbons (Fsp3) is 0.273. The second-order valence-electron chi connectivity index (χ2n) is 7.00. The van der Waals surface area contributed by atoms with Gasteiger partial charge < -0.3 is 10.1 Å². The van der Waals surface area contributed by atoms with Gasteiger partial charge in [-0.2, -0.15) is 0 Å². The molecule has 0 saturated carbocycles. The smallest absolute Gasteiger partial charge is 0.338 e. The molecule has 144 valence electrons. The number of esters is 1. The minimum atomic E-state index is -0.567. The first-order valence-electron chi connectivity index (χ1n) is 9.25. The van der Waals surface area contributed by atoms with Gasteiger partial charge in [-0.1, -0.05) is 44.2 Å². The molecule has 6 heteroatoms.